The Balaban J connectivity index is 1.71. The Labute approximate surface area is 169 Å². The molecule has 0 aliphatic rings. The number of benzene rings is 3. The van der Waals surface area contributed by atoms with E-state index < -0.39 is 6.10 Å². The molecule has 3 nitrogen and oxygen atoms in total. The summed E-state index contributed by atoms with van der Waals surface area (Å²) < 4.78 is 6.95. The van der Waals surface area contributed by atoms with Crippen molar-refractivity contribution in [2.24, 2.45) is 0 Å². The summed E-state index contributed by atoms with van der Waals surface area (Å²) in [6, 6.07) is 24.4. The van der Waals surface area contributed by atoms with Gasteiger partial charge in [-0.1, -0.05) is 70.5 Å². The lowest BCUT2D eigenvalue weighted by molar-refractivity contribution is 0.133. The zero-order chi connectivity index (χ0) is 19.2. The van der Waals surface area contributed by atoms with E-state index in [9.17, 15) is 5.11 Å². The predicted octanol–water partition coefficient (Wildman–Crippen LogP) is 5.29. The summed E-state index contributed by atoms with van der Waals surface area (Å²) in [5, 5.41) is 10.5. The molecule has 140 valence electrons. The van der Waals surface area contributed by atoms with Crippen LogP contribution in [0.5, 0.6) is 5.75 Å². The lowest BCUT2D eigenvalue weighted by atomic mass is 10.0. The van der Waals surface area contributed by atoms with Crippen molar-refractivity contribution >= 4 is 15.9 Å². The zero-order valence-electron chi connectivity index (χ0n) is 15.6. The molecule has 0 aromatic heterocycles. The number of aliphatic hydroxyl groups excluding tert-OH is 1. The number of rotatable bonds is 7. The summed E-state index contributed by atoms with van der Waals surface area (Å²) in [5.74, 6) is 0.708. The fourth-order valence-electron chi connectivity index (χ4n) is 2.94. The number of nitrogens with zero attached hydrogens (tertiary/aromatic N) is 1. The summed E-state index contributed by atoms with van der Waals surface area (Å²) in [7, 11) is 3.88. The third kappa shape index (κ3) is 5.42. The second-order valence-electron chi connectivity index (χ2n) is 6.81. The molecule has 0 saturated heterocycles. The van der Waals surface area contributed by atoms with Gasteiger partial charge in [-0.3, -0.25) is 0 Å². The van der Waals surface area contributed by atoms with Gasteiger partial charge in [0.2, 0.25) is 0 Å². The SMILES string of the molecule is CN(C)C[C@H](O)c1cc(Br)ccc1OCc1ccc(-c2ccccc2)cc1. The number of ether oxygens (including phenoxy) is 1. The van der Waals surface area contributed by atoms with Gasteiger partial charge in [-0.15, -0.1) is 0 Å². The topological polar surface area (TPSA) is 32.7 Å². The van der Waals surface area contributed by atoms with E-state index in [0.717, 1.165) is 15.6 Å². The maximum atomic E-state index is 10.5. The quantitative estimate of drug-likeness (QED) is 0.557. The van der Waals surface area contributed by atoms with Gasteiger partial charge in [0.25, 0.3) is 0 Å². The van der Waals surface area contributed by atoms with E-state index in [1.807, 2.05) is 55.4 Å². The number of aliphatic hydroxyl groups is 1. The molecule has 0 amide bonds. The van der Waals surface area contributed by atoms with Crippen LogP contribution in [0.3, 0.4) is 0 Å². The van der Waals surface area contributed by atoms with Crippen LogP contribution in [0.2, 0.25) is 0 Å². The maximum Gasteiger partial charge on any atom is 0.125 e. The van der Waals surface area contributed by atoms with Crippen LogP contribution in [0.15, 0.2) is 77.3 Å². The van der Waals surface area contributed by atoms with Gasteiger partial charge < -0.3 is 14.7 Å². The van der Waals surface area contributed by atoms with Crippen LogP contribution >= 0.6 is 15.9 Å². The van der Waals surface area contributed by atoms with Crippen LogP contribution in [-0.4, -0.2) is 30.6 Å². The fraction of sp³-hybridized carbons (Fsp3) is 0.217. The standard InChI is InChI=1S/C23H24BrNO2/c1-25(2)15-22(26)21-14-20(24)12-13-23(21)27-16-17-8-10-19(11-9-17)18-6-4-3-5-7-18/h3-14,22,26H,15-16H2,1-2H3/t22-/m0/s1. The molecule has 0 aliphatic heterocycles. The minimum Gasteiger partial charge on any atom is -0.489 e. The molecule has 3 rings (SSSR count). The van der Waals surface area contributed by atoms with Crippen molar-refractivity contribution in [2.75, 3.05) is 20.6 Å². The molecule has 0 unspecified atom stereocenters. The minimum absolute atomic E-state index is 0.457. The smallest absolute Gasteiger partial charge is 0.125 e. The summed E-state index contributed by atoms with van der Waals surface area (Å²) in [6.45, 7) is 0.997. The summed E-state index contributed by atoms with van der Waals surface area (Å²) >= 11 is 3.48. The number of halogens is 1. The molecule has 0 saturated carbocycles. The number of hydrogen-bond acceptors (Lipinski definition) is 3. The lowest BCUT2D eigenvalue weighted by Crippen LogP contribution is -2.20. The molecular formula is C23H24BrNO2. The van der Waals surface area contributed by atoms with Crippen molar-refractivity contribution in [1.82, 2.24) is 4.90 Å². The van der Waals surface area contributed by atoms with Crippen molar-refractivity contribution in [1.29, 1.82) is 0 Å². The van der Waals surface area contributed by atoms with Crippen LogP contribution in [0.1, 0.15) is 17.2 Å². The Bertz CT molecular complexity index is 863. The first-order chi connectivity index (χ1) is 13.0. The Morgan fingerprint density at radius 1 is 0.926 bits per heavy atom. The Kier molecular flexibility index (Phi) is 6.67. The van der Waals surface area contributed by atoms with Gasteiger partial charge in [0.1, 0.15) is 12.4 Å². The second kappa shape index (κ2) is 9.18. The van der Waals surface area contributed by atoms with E-state index in [4.69, 9.17) is 4.74 Å². The molecule has 1 atom stereocenters. The van der Waals surface area contributed by atoms with Crippen molar-refractivity contribution in [3.8, 4) is 16.9 Å². The molecule has 0 aliphatic carbocycles. The maximum absolute atomic E-state index is 10.5. The van der Waals surface area contributed by atoms with Crippen molar-refractivity contribution < 1.29 is 9.84 Å². The first-order valence-electron chi connectivity index (χ1n) is 8.92. The predicted molar refractivity (Wildman–Crippen MR) is 114 cm³/mol. The molecule has 0 fully saturated rings. The van der Waals surface area contributed by atoms with Crippen LogP contribution in [0.25, 0.3) is 11.1 Å². The molecule has 3 aromatic rings. The molecule has 0 radical (unpaired) electrons. The number of hydrogen-bond donors (Lipinski definition) is 1. The van der Waals surface area contributed by atoms with Crippen LogP contribution in [0.4, 0.5) is 0 Å². The van der Waals surface area contributed by atoms with Gasteiger partial charge in [0.05, 0.1) is 6.10 Å². The van der Waals surface area contributed by atoms with Crippen molar-refractivity contribution in [3.05, 3.63) is 88.4 Å². The third-order valence-corrected chi connectivity index (χ3v) is 4.82. The van der Waals surface area contributed by atoms with Gasteiger partial charge in [-0.05, 0) is 49.0 Å². The molecule has 0 spiro atoms. The molecule has 0 heterocycles. The highest BCUT2D eigenvalue weighted by molar-refractivity contribution is 9.10. The highest BCUT2D eigenvalue weighted by atomic mass is 79.9. The summed E-state index contributed by atoms with van der Waals surface area (Å²) in [5.41, 5.74) is 4.27. The Morgan fingerprint density at radius 3 is 2.26 bits per heavy atom. The molecule has 27 heavy (non-hydrogen) atoms. The van der Waals surface area contributed by atoms with Gasteiger partial charge in [0.15, 0.2) is 0 Å². The van der Waals surface area contributed by atoms with E-state index in [1.165, 1.54) is 11.1 Å². The van der Waals surface area contributed by atoms with E-state index in [0.29, 0.717) is 18.9 Å². The van der Waals surface area contributed by atoms with E-state index in [2.05, 4.69) is 52.3 Å². The highest BCUT2D eigenvalue weighted by Crippen LogP contribution is 2.30. The largest absolute Gasteiger partial charge is 0.489 e. The second-order valence-corrected chi connectivity index (χ2v) is 7.73. The van der Waals surface area contributed by atoms with Crippen molar-refractivity contribution in [2.45, 2.75) is 12.7 Å². The lowest BCUT2D eigenvalue weighted by Gasteiger charge is -2.20. The summed E-state index contributed by atoms with van der Waals surface area (Å²) in [6.07, 6.45) is -0.604. The molecule has 4 heteroatoms. The first kappa shape index (κ1) is 19.6. The van der Waals surface area contributed by atoms with Crippen LogP contribution < -0.4 is 4.74 Å². The molecule has 1 N–H and O–H groups in total. The van der Waals surface area contributed by atoms with Gasteiger partial charge in [-0.25, -0.2) is 0 Å². The third-order valence-electron chi connectivity index (χ3n) is 4.32. The van der Waals surface area contributed by atoms with Crippen molar-refractivity contribution in [3.63, 3.8) is 0 Å². The number of likely N-dealkylation sites (N-methyl/N-ethyl adjacent to an activating group) is 1. The zero-order valence-corrected chi connectivity index (χ0v) is 17.2. The Hall–Kier alpha value is -2.14. The first-order valence-corrected chi connectivity index (χ1v) is 9.71. The van der Waals surface area contributed by atoms with E-state index in [-0.39, 0.29) is 0 Å². The highest BCUT2D eigenvalue weighted by Gasteiger charge is 2.15. The Morgan fingerprint density at radius 2 is 1.59 bits per heavy atom. The fourth-order valence-corrected chi connectivity index (χ4v) is 3.32. The molecule has 3 aromatic carbocycles. The molecular weight excluding hydrogens is 402 g/mol. The van der Waals surface area contributed by atoms with Crippen LogP contribution in [-0.2, 0) is 6.61 Å². The van der Waals surface area contributed by atoms with E-state index >= 15 is 0 Å². The average molecular weight is 426 g/mol. The van der Waals surface area contributed by atoms with Gasteiger partial charge >= 0.3 is 0 Å². The normalized spacial score (nSPS) is 12.2. The van der Waals surface area contributed by atoms with E-state index in [1.54, 1.807) is 0 Å². The molecule has 0 bridgehead atoms. The van der Waals surface area contributed by atoms with Crippen LogP contribution in [0, 0.1) is 0 Å². The minimum atomic E-state index is -0.604. The van der Waals surface area contributed by atoms with Gasteiger partial charge in [0, 0.05) is 16.6 Å². The summed E-state index contributed by atoms with van der Waals surface area (Å²) in [4.78, 5) is 1.96. The monoisotopic (exact) mass is 425 g/mol. The van der Waals surface area contributed by atoms with Gasteiger partial charge in [-0.2, -0.15) is 0 Å². The average Bonchev–Trinajstić information content (AvgIpc) is 2.67.